The molecule has 0 aromatic carbocycles. The van der Waals surface area contributed by atoms with Gasteiger partial charge < -0.3 is 0 Å². The van der Waals surface area contributed by atoms with Crippen molar-refractivity contribution < 1.29 is 4.48 Å². The summed E-state index contributed by atoms with van der Waals surface area (Å²) in [4.78, 5) is 5.92. The van der Waals surface area contributed by atoms with Crippen molar-refractivity contribution in [1.29, 1.82) is 0 Å². The summed E-state index contributed by atoms with van der Waals surface area (Å²) in [6.45, 7) is 22.5. The number of hydrogen-bond acceptors (Lipinski definition) is 2. The molecule has 3 heteroatoms. The van der Waals surface area contributed by atoms with Crippen LogP contribution >= 0.6 is 0 Å². The summed E-state index contributed by atoms with van der Waals surface area (Å²) in [6, 6.07) is 0.895. The van der Waals surface area contributed by atoms with Gasteiger partial charge in [-0.25, -0.2) is 9.80 Å². The van der Waals surface area contributed by atoms with Crippen LogP contribution in [0.2, 0.25) is 0 Å². The third-order valence-corrected chi connectivity index (χ3v) is 10.00. The van der Waals surface area contributed by atoms with Crippen LogP contribution in [-0.4, -0.2) is 60.0 Å². The van der Waals surface area contributed by atoms with Crippen LogP contribution < -0.4 is 0 Å². The molecule has 1 saturated heterocycles. The first kappa shape index (κ1) is 32.1. The highest BCUT2D eigenvalue weighted by atomic mass is 15.6. The molecule has 0 amide bonds. The number of hydrogen-bond donors (Lipinski definition) is 0. The first-order valence-corrected chi connectivity index (χ1v) is 16.8. The highest BCUT2D eigenvalue weighted by Gasteiger charge is 2.45. The molecule has 3 atom stereocenters. The Kier molecular flexibility index (Phi) is 16.2. The summed E-state index contributed by atoms with van der Waals surface area (Å²) in [5.41, 5.74) is 0. The lowest BCUT2D eigenvalue weighted by Crippen LogP contribution is -2.71. The number of quaternary nitrogens is 1. The van der Waals surface area contributed by atoms with Gasteiger partial charge in [0.05, 0.1) is 19.3 Å². The normalized spacial score (nSPS) is 25.2. The molecular formula is C33H68N3+. The Hall–Kier alpha value is -0.120. The molecule has 0 N–H and O–H groups in total. The molecule has 2 aliphatic rings. The Labute approximate surface area is 228 Å². The minimum absolute atomic E-state index is 0.877. The molecule has 0 radical (unpaired) electrons. The fraction of sp³-hybridized carbons (Fsp3) is 1.00. The van der Waals surface area contributed by atoms with E-state index in [-0.39, 0.29) is 0 Å². The van der Waals surface area contributed by atoms with Gasteiger partial charge in [-0.05, 0) is 63.2 Å². The Bertz CT molecular complexity index is 503. The summed E-state index contributed by atoms with van der Waals surface area (Å²) < 4.78 is 1.40. The molecule has 3 unspecified atom stereocenters. The third-order valence-electron chi connectivity index (χ3n) is 10.00. The zero-order chi connectivity index (χ0) is 26.2. The topological polar surface area (TPSA) is 6.48 Å². The maximum atomic E-state index is 2.96. The van der Waals surface area contributed by atoms with Crippen LogP contribution in [0, 0.1) is 17.8 Å². The number of nitrogens with zero attached hydrogens (tertiary/aromatic N) is 3. The molecule has 1 saturated carbocycles. The fourth-order valence-corrected chi connectivity index (χ4v) is 7.57. The largest absolute Gasteiger partial charge is 0.296 e. The van der Waals surface area contributed by atoms with Crippen molar-refractivity contribution in [3.05, 3.63) is 0 Å². The molecule has 36 heavy (non-hydrogen) atoms. The lowest BCUT2D eigenvalue weighted by atomic mass is 9.89. The van der Waals surface area contributed by atoms with Gasteiger partial charge in [0.25, 0.3) is 0 Å². The van der Waals surface area contributed by atoms with E-state index in [1.165, 1.54) is 153 Å². The van der Waals surface area contributed by atoms with Gasteiger partial charge >= 0.3 is 0 Å². The second kappa shape index (κ2) is 18.2. The highest BCUT2D eigenvalue weighted by Crippen LogP contribution is 2.35. The van der Waals surface area contributed by atoms with E-state index >= 15 is 0 Å². The zero-order valence-corrected chi connectivity index (χ0v) is 25.9. The second-order valence-corrected chi connectivity index (χ2v) is 13.1. The number of unbranched alkanes of at least 4 members (excludes halogenated alkanes) is 3. The Morgan fingerprint density at radius 3 is 1.47 bits per heavy atom. The molecule has 1 aliphatic carbocycles. The van der Waals surface area contributed by atoms with E-state index in [9.17, 15) is 0 Å². The quantitative estimate of drug-likeness (QED) is 0.161. The lowest BCUT2D eigenvalue weighted by Gasteiger charge is -2.56. The molecule has 0 spiro atoms. The van der Waals surface area contributed by atoms with Crippen molar-refractivity contribution in [3.63, 3.8) is 0 Å². The molecular weight excluding hydrogens is 438 g/mol. The van der Waals surface area contributed by atoms with Gasteiger partial charge in [-0.2, -0.15) is 0 Å². The van der Waals surface area contributed by atoms with Crippen LogP contribution in [0.25, 0.3) is 0 Å². The average Bonchev–Trinajstić information content (AvgIpc) is 2.91. The van der Waals surface area contributed by atoms with Crippen LogP contribution in [0.3, 0.4) is 0 Å². The molecule has 2 rings (SSSR count). The van der Waals surface area contributed by atoms with Crippen molar-refractivity contribution in [3.8, 4) is 0 Å². The summed E-state index contributed by atoms with van der Waals surface area (Å²) in [7, 11) is 0. The second-order valence-electron chi connectivity index (χ2n) is 13.1. The van der Waals surface area contributed by atoms with E-state index in [0.717, 1.165) is 23.8 Å². The molecule has 0 bridgehead atoms. The van der Waals surface area contributed by atoms with Crippen molar-refractivity contribution in [2.75, 3.05) is 39.6 Å². The highest BCUT2D eigenvalue weighted by molar-refractivity contribution is 4.76. The van der Waals surface area contributed by atoms with E-state index in [1.54, 1.807) is 0 Å². The zero-order valence-electron chi connectivity index (χ0n) is 25.9. The molecule has 2 fully saturated rings. The fourth-order valence-electron chi connectivity index (χ4n) is 7.57. The van der Waals surface area contributed by atoms with Gasteiger partial charge in [0, 0.05) is 19.0 Å². The van der Waals surface area contributed by atoms with E-state index < -0.39 is 0 Å². The van der Waals surface area contributed by atoms with Crippen LogP contribution in [-0.2, 0) is 0 Å². The van der Waals surface area contributed by atoms with Gasteiger partial charge in [-0.15, -0.1) is 0 Å². The van der Waals surface area contributed by atoms with E-state index in [2.05, 4.69) is 51.3 Å². The first-order valence-electron chi connectivity index (χ1n) is 16.8. The summed E-state index contributed by atoms with van der Waals surface area (Å²) in [5.74, 6) is 2.65. The standard InChI is InChI=1S/C33H68N3/c1-7-13-19-30(10-4)24-34-27-35(25-31(11-5)20-14-8-2)29-36(28-34,33-22-17-16-18-23-33)26-32(12-6)21-15-9-3/h30-33H,7-29H2,1-6H3/q+1. The van der Waals surface area contributed by atoms with Crippen LogP contribution in [0.15, 0.2) is 0 Å². The maximum absolute atomic E-state index is 2.96. The number of rotatable bonds is 19. The Balaban J connectivity index is 2.31. The smallest absolute Gasteiger partial charge is 0.137 e. The van der Waals surface area contributed by atoms with Crippen LogP contribution in [0.4, 0.5) is 0 Å². The van der Waals surface area contributed by atoms with E-state index in [4.69, 9.17) is 0 Å². The van der Waals surface area contributed by atoms with Gasteiger partial charge in [0.1, 0.15) is 13.3 Å². The summed E-state index contributed by atoms with van der Waals surface area (Å²) >= 11 is 0. The SMILES string of the molecule is CCCCC(CC)CN1CN(CC(CC)CCCC)C[N+](CC(CC)CCCC)(C2CCCCC2)C1. The molecule has 1 aliphatic heterocycles. The van der Waals surface area contributed by atoms with Crippen molar-refractivity contribution in [2.45, 2.75) is 157 Å². The van der Waals surface area contributed by atoms with Crippen LogP contribution in [0.5, 0.6) is 0 Å². The van der Waals surface area contributed by atoms with Gasteiger partial charge in [-0.1, -0.05) is 99.3 Å². The van der Waals surface area contributed by atoms with Gasteiger partial charge in [0.15, 0.2) is 0 Å². The average molecular weight is 507 g/mol. The predicted molar refractivity (Wildman–Crippen MR) is 160 cm³/mol. The monoisotopic (exact) mass is 507 g/mol. The molecule has 0 aromatic rings. The summed E-state index contributed by atoms with van der Waals surface area (Å²) in [6.07, 6.45) is 24.0. The van der Waals surface area contributed by atoms with Crippen molar-refractivity contribution in [1.82, 2.24) is 9.80 Å². The van der Waals surface area contributed by atoms with E-state index in [1.807, 2.05) is 0 Å². The Morgan fingerprint density at radius 1 is 0.611 bits per heavy atom. The summed E-state index contributed by atoms with van der Waals surface area (Å²) in [5, 5.41) is 0. The molecule has 214 valence electrons. The lowest BCUT2D eigenvalue weighted by molar-refractivity contribution is -0.979. The maximum Gasteiger partial charge on any atom is 0.137 e. The van der Waals surface area contributed by atoms with Crippen LogP contribution in [0.1, 0.15) is 151 Å². The Morgan fingerprint density at radius 2 is 1.06 bits per heavy atom. The van der Waals surface area contributed by atoms with Gasteiger partial charge in [0.2, 0.25) is 0 Å². The molecule has 1 heterocycles. The van der Waals surface area contributed by atoms with E-state index in [0.29, 0.717) is 0 Å². The minimum atomic E-state index is 0.877. The van der Waals surface area contributed by atoms with Crippen molar-refractivity contribution in [2.24, 2.45) is 17.8 Å². The van der Waals surface area contributed by atoms with Crippen molar-refractivity contribution >= 4 is 0 Å². The first-order chi connectivity index (χ1) is 17.5. The molecule has 3 nitrogen and oxygen atoms in total. The third kappa shape index (κ3) is 10.6. The molecule has 0 aromatic heterocycles. The predicted octanol–water partition coefficient (Wildman–Crippen LogP) is 9.28. The van der Waals surface area contributed by atoms with Gasteiger partial charge in [-0.3, -0.25) is 4.48 Å². The minimum Gasteiger partial charge on any atom is -0.296 e.